The maximum atomic E-state index is 10.7. The van der Waals surface area contributed by atoms with E-state index < -0.39 is 11.9 Å². The number of hydrogen-bond donors (Lipinski definition) is 0. The lowest BCUT2D eigenvalue weighted by Crippen LogP contribution is -2.43. The van der Waals surface area contributed by atoms with Gasteiger partial charge in [0.2, 0.25) is 0 Å². The van der Waals surface area contributed by atoms with Crippen molar-refractivity contribution in [1.82, 2.24) is 4.90 Å². The molecule has 4 nitrogen and oxygen atoms in total. The Labute approximate surface area is 70.8 Å². The highest BCUT2D eigenvalue weighted by atomic mass is 16.6. The number of cyclic esters (lactones) is 2. The highest BCUT2D eigenvalue weighted by molar-refractivity contribution is 5.90. The van der Waals surface area contributed by atoms with Crippen LogP contribution in [-0.4, -0.2) is 36.5 Å². The molecule has 1 fully saturated rings. The normalized spacial score (nSPS) is 19.0. The predicted octanol–water partition coefficient (Wildman–Crippen LogP) is -0.0521. The van der Waals surface area contributed by atoms with Crippen LogP contribution in [-0.2, 0) is 14.3 Å². The molecule has 4 heteroatoms. The summed E-state index contributed by atoms with van der Waals surface area (Å²) in [4.78, 5) is 23.2. The molecule has 0 atom stereocenters. The summed E-state index contributed by atoms with van der Waals surface area (Å²) in [6, 6.07) is 0. The van der Waals surface area contributed by atoms with Crippen molar-refractivity contribution >= 4 is 11.9 Å². The molecule has 0 bridgehead atoms. The largest absolute Gasteiger partial charge is 0.391 e. The van der Waals surface area contributed by atoms with Crippen LogP contribution in [0.3, 0.4) is 0 Å². The van der Waals surface area contributed by atoms with Crippen LogP contribution in [0, 0.1) is 0 Å². The molecule has 0 aromatic heterocycles. The summed E-state index contributed by atoms with van der Waals surface area (Å²) in [5.41, 5.74) is 0. The lowest BCUT2D eigenvalue weighted by atomic mass is 10.3. The van der Waals surface area contributed by atoms with Gasteiger partial charge in [0.05, 0.1) is 13.1 Å². The number of esters is 2. The van der Waals surface area contributed by atoms with E-state index in [4.69, 9.17) is 0 Å². The number of carbonyl (C=O) groups excluding carboxylic acids is 2. The van der Waals surface area contributed by atoms with E-state index in [0.717, 1.165) is 6.42 Å². The van der Waals surface area contributed by atoms with Crippen molar-refractivity contribution in [2.45, 2.75) is 6.42 Å². The zero-order valence-electron chi connectivity index (χ0n) is 6.78. The molecular weight excluding hydrogens is 158 g/mol. The molecule has 0 N–H and O–H groups in total. The van der Waals surface area contributed by atoms with E-state index in [1.54, 1.807) is 11.0 Å². The number of ether oxygens (including phenoxy) is 1. The molecule has 0 aliphatic carbocycles. The molecule has 0 saturated carbocycles. The minimum absolute atomic E-state index is 0.208. The molecule has 1 aliphatic heterocycles. The second-order valence-electron chi connectivity index (χ2n) is 2.63. The fraction of sp³-hybridized carbons (Fsp3) is 0.500. The molecule has 0 spiro atoms. The number of nitrogens with zero attached hydrogens (tertiary/aromatic N) is 1. The van der Waals surface area contributed by atoms with E-state index >= 15 is 0 Å². The molecular formula is C8H11NO3. The maximum absolute atomic E-state index is 10.7. The Hall–Kier alpha value is -1.16. The SMILES string of the molecule is C=CCCN1CC(=O)OC(=O)C1. The highest BCUT2D eigenvalue weighted by Crippen LogP contribution is 2.00. The van der Waals surface area contributed by atoms with Gasteiger partial charge in [0.15, 0.2) is 0 Å². The van der Waals surface area contributed by atoms with Gasteiger partial charge in [-0.05, 0) is 6.42 Å². The summed E-state index contributed by atoms with van der Waals surface area (Å²) in [6.07, 6.45) is 2.53. The highest BCUT2D eigenvalue weighted by Gasteiger charge is 2.23. The zero-order chi connectivity index (χ0) is 8.97. The molecule has 1 aliphatic rings. The zero-order valence-corrected chi connectivity index (χ0v) is 6.78. The number of rotatable bonds is 3. The molecule has 0 radical (unpaired) electrons. The molecule has 1 saturated heterocycles. The fourth-order valence-corrected chi connectivity index (χ4v) is 1.04. The van der Waals surface area contributed by atoms with Crippen molar-refractivity contribution in [3.05, 3.63) is 12.7 Å². The molecule has 1 rings (SSSR count). The van der Waals surface area contributed by atoms with Crippen LogP contribution in [0.5, 0.6) is 0 Å². The van der Waals surface area contributed by atoms with Crippen molar-refractivity contribution in [1.29, 1.82) is 0 Å². The number of morpholine rings is 1. The van der Waals surface area contributed by atoms with Gasteiger partial charge >= 0.3 is 11.9 Å². The van der Waals surface area contributed by atoms with Crippen LogP contribution in [0.2, 0.25) is 0 Å². The Morgan fingerprint density at radius 2 is 2.00 bits per heavy atom. The topological polar surface area (TPSA) is 46.6 Å². The van der Waals surface area contributed by atoms with Crippen molar-refractivity contribution in [2.24, 2.45) is 0 Å². The number of carbonyl (C=O) groups is 2. The van der Waals surface area contributed by atoms with Crippen LogP contribution in [0.4, 0.5) is 0 Å². The van der Waals surface area contributed by atoms with Gasteiger partial charge in [0.1, 0.15) is 0 Å². The van der Waals surface area contributed by atoms with Crippen molar-refractivity contribution in [3.8, 4) is 0 Å². The van der Waals surface area contributed by atoms with Gasteiger partial charge in [-0.15, -0.1) is 6.58 Å². The Morgan fingerprint density at radius 1 is 1.42 bits per heavy atom. The Kier molecular flexibility index (Phi) is 2.99. The minimum atomic E-state index is -0.463. The average molecular weight is 169 g/mol. The Bertz CT molecular complexity index is 196. The second kappa shape index (κ2) is 4.01. The van der Waals surface area contributed by atoms with E-state index in [1.165, 1.54) is 0 Å². The second-order valence-corrected chi connectivity index (χ2v) is 2.63. The smallest absolute Gasteiger partial charge is 0.327 e. The van der Waals surface area contributed by atoms with Crippen molar-refractivity contribution in [2.75, 3.05) is 19.6 Å². The van der Waals surface area contributed by atoms with Crippen LogP contribution >= 0.6 is 0 Å². The summed E-state index contributed by atoms with van der Waals surface area (Å²) >= 11 is 0. The molecule has 0 aromatic rings. The summed E-state index contributed by atoms with van der Waals surface area (Å²) in [5.74, 6) is -0.925. The van der Waals surface area contributed by atoms with Gasteiger partial charge in [-0.3, -0.25) is 14.5 Å². The first-order chi connectivity index (χ1) is 5.72. The van der Waals surface area contributed by atoms with Crippen LogP contribution < -0.4 is 0 Å². The Morgan fingerprint density at radius 3 is 2.50 bits per heavy atom. The van der Waals surface area contributed by atoms with Gasteiger partial charge in [0, 0.05) is 6.54 Å². The molecule has 0 amide bonds. The lowest BCUT2D eigenvalue weighted by molar-refractivity contribution is -0.166. The first kappa shape index (κ1) is 8.93. The predicted molar refractivity (Wildman–Crippen MR) is 42.4 cm³/mol. The van der Waals surface area contributed by atoms with Crippen LogP contribution in [0.15, 0.2) is 12.7 Å². The Balaban J connectivity index is 2.38. The van der Waals surface area contributed by atoms with E-state index in [9.17, 15) is 9.59 Å². The van der Waals surface area contributed by atoms with Gasteiger partial charge < -0.3 is 4.74 Å². The third-order valence-electron chi connectivity index (χ3n) is 1.58. The minimum Gasteiger partial charge on any atom is -0.391 e. The monoisotopic (exact) mass is 169 g/mol. The third-order valence-corrected chi connectivity index (χ3v) is 1.58. The molecule has 12 heavy (non-hydrogen) atoms. The third kappa shape index (κ3) is 2.47. The van der Waals surface area contributed by atoms with E-state index in [0.29, 0.717) is 6.54 Å². The molecule has 0 aromatic carbocycles. The summed E-state index contributed by atoms with van der Waals surface area (Å²) in [6.45, 7) is 4.66. The van der Waals surface area contributed by atoms with E-state index in [-0.39, 0.29) is 13.1 Å². The fourth-order valence-electron chi connectivity index (χ4n) is 1.04. The van der Waals surface area contributed by atoms with E-state index in [1.807, 2.05) is 0 Å². The van der Waals surface area contributed by atoms with Crippen molar-refractivity contribution in [3.63, 3.8) is 0 Å². The molecule has 66 valence electrons. The average Bonchev–Trinajstić information content (AvgIpc) is 1.99. The summed E-state index contributed by atoms with van der Waals surface area (Å²) in [7, 11) is 0. The van der Waals surface area contributed by atoms with Gasteiger partial charge in [-0.25, -0.2) is 0 Å². The van der Waals surface area contributed by atoms with Crippen LogP contribution in [0.1, 0.15) is 6.42 Å². The van der Waals surface area contributed by atoms with Gasteiger partial charge in [0.25, 0.3) is 0 Å². The van der Waals surface area contributed by atoms with Crippen LogP contribution in [0.25, 0.3) is 0 Å². The standard InChI is InChI=1S/C8H11NO3/c1-2-3-4-9-5-7(10)12-8(11)6-9/h2H,1,3-6H2. The summed E-state index contributed by atoms with van der Waals surface area (Å²) in [5, 5.41) is 0. The maximum Gasteiger partial charge on any atom is 0.327 e. The molecule has 0 unspecified atom stereocenters. The quantitative estimate of drug-likeness (QED) is 0.337. The summed E-state index contributed by atoms with van der Waals surface area (Å²) < 4.78 is 4.35. The number of hydrogen-bond acceptors (Lipinski definition) is 4. The first-order valence-corrected chi connectivity index (χ1v) is 3.79. The molecule has 1 heterocycles. The van der Waals surface area contributed by atoms with Crippen molar-refractivity contribution < 1.29 is 14.3 Å². The van der Waals surface area contributed by atoms with Gasteiger partial charge in [-0.1, -0.05) is 6.08 Å². The lowest BCUT2D eigenvalue weighted by Gasteiger charge is -2.23. The van der Waals surface area contributed by atoms with E-state index in [2.05, 4.69) is 11.3 Å². The van der Waals surface area contributed by atoms with Gasteiger partial charge in [-0.2, -0.15) is 0 Å². The first-order valence-electron chi connectivity index (χ1n) is 3.79.